The van der Waals surface area contributed by atoms with Crippen molar-refractivity contribution in [3.63, 3.8) is 0 Å². The Morgan fingerprint density at radius 3 is 2.47 bits per heavy atom. The van der Waals surface area contributed by atoms with Gasteiger partial charge in [0.2, 0.25) is 0 Å². The molecule has 0 radical (unpaired) electrons. The van der Waals surface area contributed by atoms with Gasteiger partial charge in [-0.05, 0) is 50.1 Å². The fourth-order valence-corrected chi connectivity index (χ4v) is 5.45. The molecule has 2 aromatic carbocycles. The predicted octanol–water partition coefficient (Wildman–Crippen LogP) is 2.09. The van der Waals surface area contributed by atoms with Crippen LogP contribution in [0.3, 0.4) is 0 Å². The van der Waals surface area contributed by atoms with E-state index in [0.29, 0.717) is 0 Å². The summed E-state index contributed by atoms with van der Waals surface area (Å²) in [5, 5.41) is 23.9. The number of halogens is 2. The summed E-state index contributed by atoms with van der Waals surface area (Å²) in [6.45, 7) is 4.31. The second kappa shape index (κ2) is 12.3. The molecule has 0 saturated carbocycles. The third kappa shape index (κ3) is 7.93. The fourth-order valence-electron chi connectivity index (χ4n) is 3.75. The maximum atomic E-state index is 12.8. The molecule has 9 nitrogen and oxygen atoms in total. The Morgan fingerprint density at radius 1 is 1.17 bits per heavy atom. The summed E-state index contributed by atoms with van der Waals surface area (Å²) in [6, 6.07) is 13.7. The van der Waals surface area contributed by atoms with E-state index in [4.69, 9.17) is 32.7 Å². The van der Waals surface area contributed by atoms with Crippen molar-refractivity contribution in [2.45, 2.75) is 53.8 Å². The number of hydrogen-bond donors (Lipinski definition) is 4. The van der Waals surface area contributed by atoms with Gasteiger partial charge in [0, 0.05) is 24.7 Å². The highest BCUT2D eigenvalue weighted by molar-refractivity contribution is 7.89. The first-order chi connectivity index (χ1) is 16.9. The van der Waals surface area contributed by atoms with Crippen molar-refractivity contribution in [2.75, 3.05) is 26.8 Å². The summed E-state index contributed by atoms with van der Waals surface area (Å²) in [7, 11) is -2.36. The predicted molar refractivity (Wildman–Crippen MR) is 139 cm³/mol. The van der Waals surface area contributed by atoms with Crippen LogP contribution in [0.4, 0.5) is 0 Å². The molecule has 4 N–H and O–H groups in total. The Hall–Kier alpha value is -1.63. The minimum absolute atomic E-state index is 0.0292. The molecule has 200 valence electrons. The van der Waals surface area contributed by atoms with Crippen LogP contribution in [0.5, 0.6) is 11.5 Å². The zero-order chi connectivity index (χ0) is 26.5. The van der Waals surface area contributed by atoms with Crippen molar-refractivity contribution in [3.05, 3.63) is 54.1 Å². The molecule has 12 heteroatoms. The van der Waals surface area contributed by atoms with Crippen molar-refractivity contribution >= 4 is 33.2 Å². The van der Waals surface area contributed by atoms with E-state index in [-0.39, 0.29) is 35.9 Å². The fraction of sp³-hybridized carbons (Fsp3) is 0.500. The smallest absolute Gasteiger partial charge is 0.253 e. The van der Waals surface area contributed by atoms with Crippen molar-refractivity contribution < 1.29 is 28.1 Å². The number of benzene rings is 2. The molecule has 0 spiro atoms. The molecule has 1 fully saturated rings. The quantitative estimate of drug-likeness (QED) is 0.229. The minimum Gasteiger partial charge on any atom is -0.497 e. The molecular formula is C24H33Cl2N3O6S. The van der Waals surface area contributed by atoms with Crippen LogP contribution in [-0.2, 0) is 16.4 Å². The lowest BCUT2D eigenvalue weighted by Gasteiger charge is -2.28. The zero-order valence-corrected chi connectivity index (χ0v) is 22.7. The van der Waals surface area contributed by atoms with Crippen molar-refractivity contribution in [2.24, 2.45) is 0 Å². The van der Waals surface area contributed by atoms with E-state index < -0.39 is 33.1 Å². The van der Waals surface area contributed by atoms with Gasteiger partial charge in [-0.25, -0.2) is 13.4 Å². The molecule has 1 aliphatic heterocycles. The summed E-state index contributed by atoms with van der Waals surface area (Å²) in [5.74, 6) is 1.08. The van der Waals surface area contributed by atoms with Gasteiger partial charge in [0.25, 0.3) is 10.0 Å². The van der Waals surface area contributed by atoms with Crippen molar-refractivity contribution in [3.8, 4) is 11.5 Å². The maximum absolute atomic E-state index is 12.8. The van der Waals surface area contributed by atoms with E-state index in [1.54, 1.807) is 13.2 Å². The highest BCUT2D eigenvalue weighted by atomic mass is 35.5. The molecular weight excluding hydrogens is 529 g/mol. The van der Waals surface area contributed by atoms with E-state index in [1.165, 1.54) is 23.2 Å². The monoisotopic (exact) mass is 561 g/mol. The van der Waals surface area contributed by atoms with Gasteiger partial charge in [0.15, 0.2) is 0 Å². The minimum atomic E-state index is -3.99. The highest BCUT2D eigenvalue weighted by Gasteiger charge is 2.40. The molecule has 3 unspecified atom stereocenters. The molecule has 4 atom stereocenters. The van der Waals surface area contributed by atoms with E-state index in [2.05, 4.69) is 10.1 Å². The Balaban J connectivity index is 1.50. The van der Waals surface area contributed by atoms with Crippen LogP contribution < -0.4 is 19.6 Å². The second-order valence-electron chi connectivity index (χ2n) is 9.36. The number of β-amino-alcohol motifs (C(OH)–C–C–N with tert-alkyl or cyclic N) is 2. The number of sulfonamides is 1. The lowest BCUT2D eigenvalue weighted by Crippen LogP contribution is -2.46. The Kier molecular flexibility index (Phi) is 9.87. The molecule has 1 aliphatic rings. The molecule has 1 heterocycles. The molecule has 0 aliphatic carbocycles. The number of aliphatic hydroxyl groups excluding tert-OH is 2. The van der Waals surface area contributed by atoms with E-state index in [1.807, 2.05) is 38.1 Å². The van der Waals surface area contributed by atoms with E-state index in [0.717, 1.165) is 17.7 Å². The molecule has 3 rings (SSSR count). The van der Waals surface area contributed by atoms with Gasteiger partial charge in [-0.2, -0.15) is 0 Å². The first-order valence-electron chi connectivity index (χ1n) is 11.4. The molecule has 36 heavy (non-hydrogen) atoms. The van der Waals surface area contributed by atoms with Gasteiger partial charge >= 0.3 is 0 Å². The average Bonchev–Trinajstić information content (AvgIpc) is 3.07. The van der Waals surface area contributed by atoms with Gasteiger partial charge < -0.3 is 25.0 Å². The summed E-state index contributed by atoms with van der Waals surface area (Å²) in [5.41, 5.74) is -0.0376. The SMILES string of the molecule is COc1ccc(CC(C)(C)NC[C@@H](O)COc2cccc(S(=O)(=O)NN3CC(O)C(Cl)C3Cl)c2)cc1. The van der Waals surface area contributed by atoms with Crippen LogP contribution in [-0.4, -0.2) is 79.1 Å². The average molecular weight is 563 g/mol. The summed E-state index contributed by atoms with van der Waals surface area (Å²) in [6.07, 6.45) is -1.02. The van der Waals surface area contributed by atoms with Gasteiger partial charge in [0.1, 0.15) is 29.7 Å². The largest absolute Gasteiger partial charge is 0.497 e. The number of ether oxygens (including phenoxy) is 2. The molecule has 1 saturated heterocycles. The third-order valence-electron chi connectivity index (χ3n) is 5.73. The number of hydrogen-bond acceptors (Lipinski definition) is 8. The van der Waals surface area contributed by atoms with Crippen LogP contribution in [0.2, 0.25) is 0 Å². The van der Waals surface area contributed by atoms with E-state index in [9.17, 15) is 18.6 Å². The van der Waals surface area contributed by atoms with Crippen LogP contribution in [0.1, 0.15) is 19.4 Å². The standard InChI is InChI=1S/C24H33Cl2N3O6S/c1-24(2,12-16-7-9-18(34-3)10-8-16)27-13-17(30)15-35-19-5-4-6-20(11-19)36(32,33)28-29-14-21(31)22(25)23(29)26/h4-11,17,21-23,27-28,30-31H,12-15H2,1-3H3/t17-,21?,22?,23?/m1/s1. The normalized spacial score (nSPS) is 21.9. The van der Waals surface area contributed by atoms with Crippen LogP contribution in [0.25, 0.3) is 0 Å². The zero-order valence-electron chi connectivity index (χ0n) is 20.4. The number of aliphatic hydroxyl groups is 2. The Bertz CT molecular complexity index is 1100. The second-order valence-corrected chi connectivity index (χ2v) is 12.0. The topological polar surface area (TPSA) is 120 Å². The van der Waals surface area contributed by atoms with Gasteiger partial charge in [-0.1, -0.05) is 18.2 Å². The maximum Gasteiger partial charge on any atom is 0.253 e. The summed E-state index contributed by atoms with van der Waals surface area (Å²) < 4.78 is 36.4. The van der Waals surface area contributed by atoms with E-state index >= 15 is 0 Å². The number of hydrazine groups is 1. The number of nitrogens with zero attached hydrogens (tertiary/aromatic N) is 1. The third-order valence-corrected chi connectivity index (χ3v) is 8.24. The first kappa shape index (κ1) is 28.9. The lowest BCUT2D eigenvalue weighted by atomic mass is 9.94. The van der Waals surface area contributed by atoms with Gasteiger partial charge in [-0.15, -0.1) is 28.0 Å². The van der Waals surface area contributed by atoms with Gasteiger partial charge in [-0.3, -0.25) is 0 Å². The number of nitrogens with one attached hydrogen (secondary N) is 2. The molecule has 0 bridgehead atoms. The number of rotatable bonds is 12. The lowest BCUT2D eigenvalue weighted by molar-refractivity contribution is 0.0987. The molecule has 0 amide bonds. The first-order valence-corrected chi connectivity index (χ1v) is 13.8. The summed E-state index contributed by atoms with van der Waals surface area (Å²) >= 11 is 12.1. The summed E-state index contributed by atoms with van der Waals surface area (Å²) in [4.78, 5) is 2.29. The molecule has 2 aromatic rings. The Labute approximate surface area is 222 Å². The Morgan fingerprint density at radius 2 is 1.86 bits per heavy atom. The van der Waals surface area contributed by atoms with Crippen molar-refractivity contribution in [1.29, 1.82) is 0 Å². The van der Waals surface area contributed by atoms with Crippen LogP contribution >= 0.6 is 23.2 Å². The van der Waals surface area contributed by atoms with Gasteiger partial charge in [0.05, 0.1) is 23.5 Å². The van der Waals surface area contributed by atoms with Crippen LogP contribution in [0, 0.1) is 0 Å². The van der Waals surface area contributed by atoms with Crippen molar-refractivity contribution in [1.82, 2.24) is 15.2 Å². The highest BCUT2D eigenvalue weighted by Crippen LogP contribution is 2.26. The molecule has 0 aromatic heterocycles. The number of alkyl halides is 2. The van der Waals surface area contributed by atoms with Crippen LogP contribution in [0.15, 0.2) is 53.4 Å². The number of methoxy groups -OCH3 is 1.